The van der Waals surface area contributed by atoms with E-state index in [2.05, 4.69) is 32.7 Å². The molecule has 100 valence electrons. The van der Waals surface area contributed by atoms with Crippen molar-refractivity contribution in [2.24, 2.45) is 0 Å². The van der Waals surface area contributed by atoms with Crippen LogP contribution in [0.1, 0.15) is 11.3 Å². The minimum atomic E-state index is 0.575. The summed E-state index contributed by atoms with van der Waals surface area (Å²) < 4.78 is 2.21. The zero-order valence-corrected chi connectivity index (χ0v) is 11.3. The van der Waals surface area contributed by atoms with Gasteiger partial charge in [0.15, 0.2) is 0 Å². The number of nitrogens with zero attached hydrogens (tertiary/aromatic N) is 4. The van der Waals surface area contributed by atoms with Crippen LogP contribution >= 0.6 is 0 Å². The molecule has 0 radical (unpaired) electrons. The molecule has 0 amide bonds. The van der Waals surface area contributed by atoms with Gasteiger partial charge in [-0.05, 0) is 11.6 Å². The lowest BCUT2D eigenvalue weighted by molar-refractivity contribution is 0.675. The topological polar surface area (TPSA) is 54.5 Å². The smallest absolute Gasteiger partial charge is 0.142 e. The number of aromatic nitrogens is 3. The third-order valence-corrected chi connectivity index (χ3v) is 3.84. The highest BCUT2D eigenvalue weighted by molar-refractivity contribution is 5.69. The molecule has 3 aromatic rings. The van der Waals surface area contributed by atoms with Crippen LogP contribution < -0.4 is 0 Å². The predicted octanol–water partition coefficient (Wildman–Crippen LogP) is 3.04. The zero-order valence-electron chi connectivity index (χ0n) is 11.3. The minimum Gasteiger partial charge on any atom is -0.324 e. The van der Waals surface area contributed by atoms with Crippen LogP contribution in [0.5, 0.6) is 0 Å². The molecule has 0 spiro atoms. The lowest BCUT2D eigenvalue weighted by atomic mass is 10.0. The van der Waals surface area contributed by atoms with Gasteiger partial charge in [0.25, 0.3) is 0 Å². The largest absolute Gasteiger partial charge is 0.324 e. The number of aryl methyl sites for hydroxylation is 1. The van der Waals surface area contributed by atoms with E-state index in [-0.39, 0.29) is 0 Å². The van der Waals surface area contributed by atoms with Gasteiger partial charge in [0.1, 0.15) is 11.9 Å². The van der Waals surface area contributed by atoms with E-state index < -0.39 is 0 Å². The van der Waals surface area contributed by atoms with Crippen LogP contribution in [-0.2, 0) is 13.0 Å². The fraction of sp³-hybridized carbons (Fsp3) is 0.118. The summed E-state index contributed by atoms with van der Waals surface area (Å²) in [7, 11) is 0. The predicted molar refractivity (Wildman–Crippen MR) is 79.3 cm³/mol. The highest BCUT2D eigenvalue weighted by Crippen LogP contribution is 2.32. The first-order valence-corrected chi connectivity index (χ1v) is 6.87. The summed E-state index contributed by atoms with van der Waals surface area (Å²) in [5.41, 5.74) is 4.84. The third kappa shape index (κ3) is 1.83. The number of fused-ring (bicyclic) bond motifs is 3. The Hall–Kier alpha value is -2.93. The highest BCUT2D eigenvalue weighted by Gasteiger charge is 2.21. The SMILES string of the molecule is N#Cc1cnc2c(c1)-c1ncc(-c3ccccc3)n1CC2. The summed E-state index contributed by atoms with van der Waals surface area (Å²) in [4.78, 5) is 8.96. The van der Waals surface area contributed by atoms with E-state index in [9.17, 15) is 0 Å². The van der Waals surface area contributed by atoms with Gasteiger partial charge in [-0.1, -0.05) is 30.3 Å². The maximum atomic E-state index is 9.05. The van der Waals surface area contributed by atoms with Gasteiger partial charge in [-0.25, -0.2) is 4.98 Å². The van der Waals surface area contributed by atoms with E-state index in [1.54, 1.807) is 6.20 Å². The van der Waals surface area contributed by atoms with E-state index in [1.807, 2.05) is 30.5 Å². The number of pyridine rings is 1. The van der Waals surface area contributed by atoms with Crippen LogP contribution in [0.4, 0.5) is 0 Å². The maximum Gasteiger partial charge on any atom is 0.142 e. The molecule has 1 aliphatic rings. The summed E-state index contributed by atoms with van der Waals surface area (Å²) in [6.45, 7) is 0.867. The summed E-state index contributed by atoms with van der Waals surface area (Å²) in [5, 5.41) is 9.05. The van der Waals surface area contributed by atoms with Crippen LogP contribution in [0.15, 0.2) is 48.8 Å². The van der Waals surface area contributed by atoms with Crippen LogP contribution in [0.25, 0.3) is 22.6 Å². The van der Waals surface area contributed by atoms with Crippen molar-refractivity contribution in [3.63, 3.8) is 0 Å². The normalized spacial score (nSPS) is 12.3. The van der Waals surface area contributed by atoms with Crippen LogP contribution in [0.2, 0.25) is 0 Å². The number of hydrogen-bond acceptors (Lipinski definition) is 3. The van der Waals surface area contributed by atoms with Gasteiger partial charge in [0.05, 0.1) is 23.1 Å². The molecule has 3 heterocycles. The first-order valence-electron chi connectivity index (χ1n) is 6.87. The van der Waals surface area contributed by atoms with Gasteiger partial charge in [0, 0.05) is 24.7 Å². The molecule has 21 heavy (non-hydrogen) atoms. The molecular weight excluding hydrogens is 260 g/mol. The molecule has 0 aliphatic carbocycles. The molecule has 0 unspecified atom stereocenters. The van der Waals surface area contributed by atoms with Crippen molar-refractivity contribution in [1.82, 2.24) is 14.5 Å². The first kappa shape index (κ1) is 11.9. The van der Waals surface area contributed by atoms with E-state index in [0.29, 0.717) is 5.56 Å². The molecule has 0 N–H and O–H groups in total. The molecule has 2 aromatic heterocycles. The Morgan fingerprint density at radius 2 is 1.95 bits per heavy atom. The number of imidazole rings is 1. The van der Waals surface area contributed by atoms with Crippen molar-refractivity contribution in [1.29, 1.82) is 5.26 Å². The summed E-state index contributed by atoms with van der Waals surface area (Å²) in [6.07, 6.45) is 4.40. The van der Waals surface area contributed by atoms with E-state index in [1.165, 1.54) is 0 Å². The van der Waals surface area contributed by atoms with Crippen LogP contribution in [0, 0.1) is 11.3 Å². The first-order chi connectivity index (χ1) is 10.4. The lowest BCUT2D eigenvalue weighted by Gasteiger charge is -2.19. The Balaban J connectivity index is 1.90. The molecule has 1 aliphatic heterocycles. The van der Waals surface area contributed by atoms with Gasteiger partial charge < -0.3 is 4.57 Å². The van der Waals surface area contributed by atoms with E-state index in [0.717, 1.165) is 41.3 Å². The molecule has 0 saturated heterocycles. The van der Waals surface area contributed by atoms with Crippen molar-refractivity contribution in [3.05, 3.63) is 60.0 Å². The summed E-state index contributed by atoms with van der Waals surface area (Å²) >= 11 is 0. The Morgan fingerprint density at radius 1 is 1.10 bits per heavy atom. The Bertz CT molecular complexity index is 856. The van der Waals surface area contributed by atoms with Crippen LogP contribution in [-0.4, -0.2) is 14.5 Å². The second kappa shape index (κ2) is 4.57. The monoisotopic (exact) mass is 272 g/mol. The molecule has 4 heteroatoms. The van der Waals surface area contributed by atoms with Crippen molar-refractivity contribution < 1.29 is 0 Å². The molecule has 0 atom stereocenters. The number of benzene rings is 1. The molecule has 0 fully saturated rings. The van der Waals surface area contributed by atoms with Crippen molar-refractivity contribution in [3.8, 4) is 28.7 Å². The van der Waals surface area contributed by atoms with Gasteiger partial charge in [-0.15, -0.1) is 0 Å². The number of nitriles is 1. The second-order valence-corrected chi connectivity index (χ2v) is 5.06. The standard InChI is InChI=1S/C17H12N4/c18-9-12-8-14-15(19-10-12)6-7-21-16(11-20-17(14)21)13-4-2-1-3-5-13/h1-5,8,10-11H,6-7H2. The summed E-state index contributed by atoms with van der Waals surface area (Å²) in [5.74, 6) is 0.903. The molecular formula is C17H12N4. The van der Waals surface area contributed by atoms with Gasteiger partial charge in [-0.2, -0.15) is 5.26 Å². The highest BCUT2D eigenvalue weighted by atomic mass is 15.1. The van der Waals surface area contributed by atoms with Gasteiger partial charge in [0.2, 0.25) is 0 Å². The molecule has 1 aromatic carbocycles. The van der Waals surface area contributed by atoms with E-state index in [4.69, 9.17) is 5.26 Å². The van der Waals surface area contributed by atoms with Gasteiger partial charge >= 0.3 is 0 Å². The second-order valence-electron chi connectivity index (χ2n) is 5.06. The summed E-state index contributed by atoms with van der Waals surface area (Å²) in [6, 6.07) is 14.3. The van der Waals surface area contributed by atoms with Crippen molar-refractivity contribution >= 4 is 0 Å². The average Bonchev–Trinajstić information content (AvgIpc) is 2.99. The van der Waals surface area contributed by atoms with Crippen LogP contribution in [0.3, 0.4) is 0 Å². The zero-order chi connectivity index (χ0) is 14.2. The average molecular weight is 272 g/mol. The molecule has 4 nitrogen and oxygen atoms in total. The molecule has 0 bridgehead atoms. The lowest BCUT2D eigenvalue weighted by Crippen LogP contribution is -2.13. The molecule has 4 rings (SSSR count). The van der Waals surface area contributed by atoms with Crippen molar-refractivity contribution in [2.45, 2.75) is 13.0 Å². The minimum absolute atomic E-state index is 0.575. The maximum absolute atomic E-state index is 9.05. The quantitative estimate of drug-likeness (QED) is 0.684. The third-order valence-electron chi connectivity index (χ3n) is 3.84. The Labute approximate surface area is 122 Å². The Morgan fingerprint density at radius 3 is 2.76 bits per heavy atom. The van der Waals surface area contributed by atoms with Crippen molar-refractivity contribution in [2.75, 3.05) is 0 Å². The fourth-order valence-electron chi connectivity index (χ4n) is 2.82. The number of hydrogen-bond donors (Lipinski definition) is 0. The Kier molecular flexibility index (Phi) is 2.58. The van der Waals surface area contributed by atoms with Gasteiger partial charge in [-0.3, -0.25) is 4.98 Å². The fourth-order valence-corrected chi connectivity index (χ4v) is 2.82. The molecule has 0 saturated carbocycles. The van der Waals surface area contributed by atoms with E-state index >= 15 is 0 Å². The number of rotatable bonds is 1.